The zero-order valence-electron chi connectivity index (χ0n) is 25.1. The molecule has 0 bridgehead atoms. The van der Waals surface area contributed by atoms with Crippen LogP contribution < -0.4 is 4.90 Å². The van der Waals surface area contributed by atoms with E-state index in [0.717, 1.165) is 44.4 Å². The third-order valence-electron chi connectivity index (χ3n) is 9.00. The number of benzene rings is 8. The third kappa shape index (κ3) is 4.60. The monoisotopic (exact) mass is 587 g/mol. The average Bonchev–Trinajstić information content (AvgIpc) is 3.48. The van der Waals surface area contributed by atoms with E-state index in [4.69, 9.17) is 4.42 Å². The minimum absolute atomic E-state index is 0.906. The van der Waals surface area contributed by atoms with Gasteiger partial charge in [0, 0.05) is 27.8 Å². The first-order valence-electron chi connectivity index (χ1n) is 15.7. The van der Waals surface area contributed by atoms with E-state index in [9.17, 15) is 0 Å². The van der Waals surface area contributed by atoms with Crippen LogP contribution in [0.4, 0.5) is 17.1 Å². The SMILES string of the molecule is c1ccc(-c2cccc(N(c3ccc(-c4ccc5ccccc5c4)cc3)c3ccc4cc5c(cc4c3)oc3ccccc35)c2)cc1. The van der Waals surface area contributed by atoms with E-state index in [2.05, 4.69) is 169 Å². The highest BCUT2D eigenvalue weighted by Crippen LogP contribution is 2.40. The molecule has 0 atom stereocenters. The first-order valence-corrected chi connectivity index (χ1v) is 15.7. The molecular formula is C44H29NO. The number of hydrogen-bond donors (Lipinski definition) is 0. The number of furan rings is 1. The summed E-state index contributed by atoms with van der Waals surface area (Å²) >= 11 is 0. The van der Waals surface area contributed by atoms with Gasteiger partial charge in [-0.1, -0.05) is 115 Å². The van der Waals surface area contributed by atoms with Crippen molar-refractivity contribution in [2.75, 3.05) is 4.90 Å². The van der Waals surface area contributed by atoms with Gasteiger partial charge in [0.05, 0.1) is 0 Å². The second-order valence-corrected chi connectivity index (χ2v) is 11.8. The molecule has 9 rings (SSSR count). The normalized spacial score (nSPS) is 11.5. The fourth-order valence-electron chi connectivity index (χ4n) is 6.67. The van der Waals surface area contributed by atoms with Crippen LogP contribution in [0.5, 0.6) is 0 Å². The Bertz CT molecular complexity index is 2530. The molecule has 0 radical (unpaired) electrons. The zero-order valence-corrected chi connectivity index (χ0v) is 25.1. The van der Waals surface area contributed by atoms with Crippen LogP contribution in [-0.2, 0) is 0 Å². The maximum atomic E-state index is 6.26. The Labute approximate surface area is 267 Å². The van der Waals surface area contributed by atoms with E-state index >= 15 is 0 Å². The minimum Gasteiger partial charge on any atom is -0.456 e. The summed E-state index contributed by atoms with van der Waals surface area (Å²) in [4.78, 5) is 2.35. The van der Waals surface area contributed by atoms with Crippen LogP contribution in [-0.4, -0.2) is 0 Å². The van der Waals surface area contributed by atoms with E-state index in [1.165, 1.54) is 38.4 Å². The molecule has 0 N–H and O–H groups in total. The summed E-state index contributed by atoms with van der Waals surface area (Å²) in [6.45, 7) is 0. The highest BCUT2D eigenvalue weighted by Gasteiger charge is 2.16. The lowest BCUT2D eigenvalue weighted by atomic mass is 10.0. The Kier molecular flexibility index (Phi) is 6.17. The molecule has 0 saturated carbocycles. The van der Waals surface area contributed by atoms with E-state index in [-0.39, 0.29) is 0 Å². The van der Waals surface area contributed by atoms with Gasteiger partial charge in [-0.3, -0.25) is 0 Å². The number of nitrogens with zero attached hydrogens (tertiary/aromatic N) is 1. The molecule has 1 aromatic heterocycles. The Hall–Kier alpha value is -6.12. The Morgan fingerprint density at radius 1 is 0.304 bits per heavy atom. The first kappa shape index (κ1) is 26.3. The van der Waals surface area contributed by atoms with Crippen molar-refractivity contribution in [3.63, 3.8) is 0 Å². The van der Waals surface area contributed by atoms with Crippen LogP contribution >= 0.6 is 0 Å². The van der Waals surface area contributed by atoms with Gasteiger partial charge < -0.3 is 9.32 Å². The van der Waals surface area contributed by atoms with Crippen molar-refractivity contribution in [1.82, 2.24) is 0 Å². The van der Waals surface area contributed by atoms with E-state index in [1.54, 1.807) is 0 Å². The van der Waals surface area contributed by atoms with Crippen LogP contribution in [0.15, 0.2) is 180 Å². The summed E-state index contributed by atoms with van der Waals surface area (Å²) in [5, 5.41) is 7.12. The second kappa shape index (κ2) is 10.8. The lowest BCUT2D eigenvalue weighted by molar-refractivity contribution is 0.669. The summed E-state index contributed by atoms with van der Waals surface area (Å²) in [5.41, 5.74) is 9.89. The molecule has 2 heteroatoms. The standard InChI is InChI=1S/C44H29NO/c1-2-9-30(10-3-1)34-13-8-14-39(26-34)45(38-22-19-32(20-23-38)35-18-17-31-11-4-5-12-33(31)25-35)40-24-21-36-28-42-41-15-6-7-16-43(41)46-44(42)29-37(36)27-40/h1-29H. The van der Waals surface area contributed by atoms with Gasteiger partial charge >= 0.3 is 0 Å². The molecule has 0 amide bonds. The van der Waals surface area contributed by atoms with Crippen molar-refractivity contribution in [2.24, 2.45) is 0 Å². The minimum atomic E-state index is 0.906. The van der Waals surface area contributed by atoms with Crippen molar-refractivity contribution in [2.45, 2.75) is 0 Å². The molecule has 2 nitrogen and oxygen atoms in total. The van der Waals surface area contributed by atoms with Crippen LogP contribution in [0.1, 0.15) is 0 Å². The first-order chi connectivity index (χ1) is 22.8. The highest BCUT2D eigenvalue weighted by molar-refractivity contribution is 6.10. The molecule has 0 fully saturated rings. The van der Waals surface area contributed by atoms with Gasteiger partial charge in [-0.05, 0) is 104 Å². The molecule has 0 aliphatic rings. The molecule has 0 aliphatic carbocycles. The smallest absolute Gasteiger partial charge is 0.136 e. The summed E-state index contributed by atoms with van der Waals surface area (Å²) in [5.74, 6) is 0. The van der Waals surface area contributed by atoms with Gasteiger partial charge in [0.1, 0.15) is 11.2 Å². The molecule has 0 aliphatic heterocycles. The molecule has 9 aromatic rings. The van der Waals surface area contributed by atoms with Gasteiger partial charge in [-0.2, -0.15) is 0 Å². The summed E-state index contributed by atoms with van der Waals surface area (Å²) < 4.78 is 6.26. The fraction of sp³-hybridized carbons (Fsp3) is 0. The van der Waals surface area contributed by atoms with Crippen molar-refractivity contribution in [3.05, 3.63) is 176 Å². The molecule has 0 saturated heterocycles. The predicted molar refractivity (Wildman–Crippen MR) is 194 cm³/mol. The number of rotatable bonds is 5. The average molecular weight is 588 g/mol. The van der Waals surface area contributed by atoms with Crippen LogP contribution in [0.3, 0.4) is 0 Å². The quantitative estimate of drug-likeness (QED) is 0.199. The number of anilines is 3. The highest BCUT2D eigenvalue weighted by atomic mass is 16.3. The van der Waals surface area contributed by atoms with Gasteiger partial charge in [-0.15, -0.1) is 0 Å². The molecule has 46 heavy (non-hydrogen) atoms. The molecule has 1 heterocycles. The fourth-order valence-corrected chi connectivity index (χ4v) is 6.67. The van der Waals surface area contributed by atoms with Crippen molar-refractivity contribution in [3.8, 4) is 22.3 Å². The maximum Gasteiger partial charge on any atom is 0.136 e. The third-order valence-corrected chi connectivity index (χ3v) is 9.00. The second-order valence-electron chi connectivity index (χ2n) is 11.8. The Morgan fingerprint density at radius 3 is 1.83 bits per heavy atom. The van der Waals surface area contributed by atoms with Crippen LogP contribution in [0.2, 0.25) is 0 Å². The molecular weight excluding hydrogens is 558 g/mol. The number of fused-ring (bicyclic) bond motifs is 5. The summed E-state index contributed by atoms with van der Waals surface area (Å²) in [6, 6.07) is 62.9. The number of para-hydroxylation sites is 1. The largest absolute Gasteiger partial charge is 0.456 e. The molecule has 0 spiro atoms. The lowest BCUT2D eigenvalue weighted by Gasteiger charge is -2.26. The molecule has 216 valence electrons. The van der Waals surface area contributed by atoms with E-state index in [0.29, 0.717) is 0 Å². The van der Waals surface area contributed by atoms with Crippen LogP contribution in [0.25, 0.3) is 65.7 Å². The van der Waals surface area contributed by atoms with Crippen molar-refractivity contribution < 1.29 is 4.42 Å². The van der Waals surface area contributed by atoms with Crippen molar-refractivity contribution in [1.29, 1.82) is 0 Å². The molecule has 0 unspecified atom stereocenters. The van der Waals surface area contributed by atoms with Gasteiger partial charge in [0.25, 0.3) is 0 Å². The van der Waals surface area contributed by atoms with Gasteiger partial charge in [0.2, 0.25) is 0 Å². The predicted octanol–water partition coefficient (Wildman–Crippen LogP) is 12.7. The topological polar surface area (TPSA) is 16.4 Å². The molecule has 8 aromatic carbocycles. The van der Waals surface area contributed by atoms with E-state index in [1.807, 2.05) is 12.1 Å². The van der Waals surface area contributed by atoms with E-state index < -0.39 is 0 Å². The Balaban J connectivity index is 1.18. The number of hydrogen-bond acceptors (Lipinski definition) is 2. The zero-order chi connectivity index (χ0) is 30.5. The van der Waals surface area contributed by atoms with Crippen molar-refractivity contribution >= 4 is 60.5 Å². The summed E-state index contributed by atoms with van der Waals surface area (Å²) in [6.07, 6.45) is 0. The summed E-state index contributed by atoms with van der Waals surface area (Å²) in [7, 11) is 0. The van der Waals surface area contributed by atoms with Crippen LogP contribution in [0, 0.1) is 0 Å². The maximum absolute atomic E-state index is 6.26. The lowest BCUT2D eigenvalue weighted by Crippen LogP contribution is -2.10. The Morgan fingerprint density at radius 2 is 0.935 bits per heavy atom. The van der Waals surface area contributed by atoms with Gasteiger partial charge in [-0.25, -0.2) is 0 Å². The van der Waals surface area contributed by atoms with Gasteiger partial charge in [0.15, 0.2) is 0 Å².